The van der Waals surface area contributed by atoms with Gasteiger partial charge in [0.15, 0.2) is 11.6 Å². The van der Waals surface area contributed by atoms with Crippen LogP contribution in [0.1, 0.15) is 22.1 Å². The lowest BCUT2D eigenvalue weighted by Crippen LogP contribution is -1.98. The van der Waals surface area contributed by atoms with E-state index in [-0.39, 0.29) is 5.75 Å². The predicted molar refractivity (Wildman–Crippen MR) is 79.5 cm³/mol. The van der Waals surface area contributed by atoms with Gasteiger partial charge in [-0.3, -0.25) is 0 Å². The van der Waals surface area contributed by atoms with Gasteiger partial charge in [0, 0.05) is 4.47 Å². The summed E-state index contributed by atoms with van der Waals surface area (Å²) in [6.07, 6.45) is 0. The van der Waals surface area contributed by atoms with Gasteiger partial charge in [-0.15, -0.1) is 11.6 Å². The van der Waals surface area contributed by atoms with Crippen molar-refractivity contribution in [1.82, 2.24) is 0 Å². The van der Waals surface area contributed by atoms with Crippen LogP contribution < -0.4 is 4.74 Å². The number of ether oxygens (including phenoxy) is 1. The van der Waals surface area contributed by atoms with Gasteiger partial charge in [-0.25, -0.2) is 4.39 Å². The summed E-state index contributed by atoms with van der Waals surface area (Å²) in [5.74, 6) is -0.183. The van der Waals surface area contributed by atoms with Crippen molar-refractivity contribution < 1.29 is 9.13 Å². The fourth-order valence-electron chi connectivity index (χ4n) is 1.92. The summed E-state index contributed by atoms with van der Waals surface area (Å²) in [4.78, 5) is 0. The zero-order valence-corrected chi connectivity index (χ0v) is 12.9. The topological polar surface area (TPSA) is 9.23 Å². The summed E-state index contributed by atoms with van der Waals surface area (Å²) in [5, 5.41) is -0.391. The smallest absolute Gasteiger partial charge is 0.165 e. The Hall–Kier alpha value is -1.06. The summed E-state index contributed by atoms with van der Waals surface area (Å²) in [5.41, 5.74) is 2.72. The normalized spacial score (nSPS) is 12.3. The molecule has 1 nitrogen and oxygen atoms in total. The summed E-state index contributed by atoms with van der Waals surface area (Å²) >= 11 is 9.92. The van der Waals surface area contributed by atoms with Gasteiger partial charge < -0.3 is 4.74 Å². The molecule has 100 valence electrons. The third kappa shape index (κ3) is 2.93. The van der Waals surface area contributed by atoms with E-state index in [0.29, 0.717) is 5.56 Å². The molecule has 19 heavy (non-hydrogen) atoms. The van der Waals surface area contributed by atoms with Crippen molar-refractivity contribution >= 4 is 27.5 Å². The molecule has 0 aliphatic heterocycles. The van der Waals surface area contributed by atoms with E-state index >= 15 is 0 Å². The minimum atomic E-state index is -0.404. The Kier molecular flexibility index (Phi) is 4.48. The Bertz CT molecular complexity index is 601. The van der Waals surface area contributed by atoms with Crippen molar-refractivity contribution in [3.8, 4) is 5.75 Å². The van der Waals surface area contributed by atoms with Crippen LogP contribution in [0.4, 0.5) is 4.39 Å². The lowest BCUT2D eigenvalue weighted by Gasteiger charge is -2.15. The second-order valence-corrected chi connectivity index (χ2v) is 5.50. The molecule has 2 rings (SSSR count). The molecule has 1 atom stereocenters. The SMILES string of the molecule is COc1ccc(C(Cl)c2cccc(Br)c2C)cc1F. The maximum atomic E-state index is 13.7. The highest BCUT2D eigenvalue weighted by Crippen LogP contribution is 2.35. The first kappa shape index (κ1) is 14.4. The molecule has 0 heterocycles. The van der Waals surface area contributed by atoms with Crippen molar-refractivity contribution in [2.45, 2.75) is 12.3 Å². The van der Waals surface area contributed by atoms with Crippen LogP contribution in [0.5, 0.6) is 5.75 Å². The van der Waals surface area contributed by atoms with Crippen molar-refractivity contribution in [2.75, 3.05) is 7.11 Å². The minimum Gasteiger partial charge on any atom is -0.494 e. The molecular formula is C15H13BrClFO. The third-order valence-electron chi connectivity index (χ3n) is 3.05. The molecule has 0 saturated heterocycles. The number of rotatable bonds is 3. The highest BCUT2D eigenvalue weighted by molar-refractivity contribution is 9.10. The average Bonchev–Trinajstić information content (AvgIpc) is 2.41. The summed E-state index contributed by atoms with van der Waals surface area (Å²) in [6.45, 7) is 1.98. The number of halogens is 3. The molecule has 0 radical (unpaired) electrons. The first-order valence-corrected chi connectivity index (χ1v) is 7.00. The van der Waals surface area contributed by atoms with E-state index in [1.54, 1.807) is 12.1 Å². The standard InChI is InChI=1S/C15H13BrClFO/c1-9-11(4-3-5-12(9)16)15(17)10-6-7-14(19-2)13(18)8-10/h3-8,15H,1-2H3. The van der Waals surface area contributed by atoms with Crippen molar-refractivity contribution in [1.29, 1.82) is 0 Å². The lowest BCUT2D eigenvalue weighted by molar-refractivity contribution is 0.386. The number of hydrogen-bond donors (Lipinski definition) is 0. The van der Waals surface area contributed by atoms with Gasteiger partial charge in [0.1, 0.15) is 0 Å². The van der Waals surface area contributed by atoms with Crippen molar-refractivity contribution in [3.05, 3.63) is 63.4 Å². The zero-order valence-electron chi connectivity index (χ0n) is 10.6. The molecule has 0 N–H and O–H groups in total. The summed E-state index contributed by atoms with van der Waals surface area (Å²) in [6, 6.07) is 10.6. The van der Waals surface area contributed by atoms with Gasteiger partial charge in [0.05, 0.1) is 12.5 Å². The molecule has 0 aliphatic rings. The van der Waals surface area contributed by atoms with Gasteiger partial charge in [-0.2, -0.15) is 0 Å². The van der Waals surface area contributed by atoms with Crippen LogP contribution in [-0.4, -0.2) is 7.11 Å². The largest absolute Gasteiger partial charge is 0.494 e. The van der Waals surface area contributed by atoms with E-state index in [1.807, 2.05) is 25.1 Å². The monoisotopic (exact) mass is 342 g/mol. The van der Waals surface area contributed by atoms with Crippen LogP contribution in [0.3, 0.4) is 0 Å². The molecule has 2 aromatic carbocycles. The number of benzene rings is 2. The molecule has 1 unspecified atom stereocenters. The van der Waals surface area contributed by atoms with Crippen LogP contribution >= 0.6 is 27.5 Å². The highest BCUT2D eigenvalue weighted by atomic mass is 79.9. The second kappa shape index (κ2) is 5.93. The van der Waals surface area contributed by atoms with Gasteiger partial charge in [-0.05, 0) is 41.8 Å². The van der Waals surface area contributed by atoms with Crippen molar-refractivity contribution in [3.63, 3.8) is 0 Å². The molecule has 0 amide bonds. The Morgan fingerprint density at radius 2 is 2.00 bits per heavy atom. The van der Waals surface area contributed by atoms with Crippen LogP contribution in [0.2, 0.25) is 0 Å². The maximum absolute atomic E-state index is 13.7. The fraction of sp³-hybridized carbons (Fsp3) is 0.200. The van der Waals surface area contributed by atoms with Crippen LogP contribution in [-0.2, 0) is 0 Å². The Morgan fingerprint density at radius 3 is 2.63 bits per heavy atom. The maximum Gasteiger partial charge on any atom is 0.165 e. The molecule has 0 bridgehead atoms. The van der Waals surface area contributed by atoms with Gasteiger partial charge in [0.2, 0.25) is 0 Å². The van der Waals surface area contributed by atoms with Crippen LogP contribution in [0, 0.1) is 12.7 Å². The van der Waals surface area contributed by atoms with Crippen molar-refractivity contribution in [2.24, 2.45) is 0 Å². The first-order chi connectivity index (χ1) is 9.04. The number of alkyl halides is 1. The Labute approximate surface area is 125 Å². The number of methoxy groups -OCH3 is 1. The van der Waals surface area contributed by atoms with Crippen LogP contribution in [0.25, 0.3) is 0 Å². The van der Waals surface area contributed by atoms with E-state index in [9.17, 15) is 4.39 Å². The molecule has 0 fully saturated rings. The van der Waals surface area contributed by atoms with E-state index in [0.717, 1.165) is 15.6 Å². The first-order valence-electron chi connectivity index (χ1n) is 5.77. The minimum absolute atomic E-state index is 0.221. The van der Waals surface area contributed by atoms with E-state index in [4.69, 9.17) is 16.3 Å². The predicted octanol–water partition coefficient (Wildman–Crippen LogP) is 5.23. The molecular weight excluding hydrogens is 331 g/mol. The number of hydrogen-bond acceptors (Lipinski definition) is 1. The van der Waals surface area contributed by atoms with E-state index in [2.05, 4.69) is 15.9 Å². The Morgan fingerprint density at radius 1 is 1.26 bits per heavy atom. The third-order valence-corrected chi connectivity index (χ3v) is 4.40. The molecule has 0 aliphatic carbocycles. The average molecular weight is 344 g/mol. The highest BCUT2D eigenvalue weighted by Gasteiger charge is 2.16. The quantitative estimate of drug-likeness (QED) is 0.693. The Balaban J connectivity index is 2.41. The van der Waals surface area contributed by atoms with Gasteiger partial charge in [-0.1, -0.05) is 34.1 Å². The second-order valence-electron chi connectivity index (χ2n) is 4.21. The molecule has 0 saturated carbocycles. The van der Waals surface area contributed by atoms with Crippen LogP contribution in [0.15, 0.2) is 40.9 Å². The lowest BCUT2D eigenvalue weighted by atomic mass is 10.00. The summed E-state index contributed by atoms with van der Waals surface area (Å²) < 4.78 is 19.6. The van der Waals surface area contributed by atoms with E-state index in [1.165, 1.54) is 13.2 Å². The molecule has 0 spiro atoms. The van der Waals surface area contributed by atoms with Gasteiger partial charge in [0.25, 0.3) is 0 Å². The summed E-state index contributed by atoms with van der Waals surface area (Å²) in [7, 11) is 1.44. The van der Waals surface area contributed by atoms with E-state index < -0.39 is 11.2 Å². The molecule has 4 heteroatoms. The van der Waals surface area contributed by atoms with Gasteiger partial charge >= 0.3 is 0 Å². The molecule has 0 aromatic heterocycles. The fourth-order valence-corrected chi connectivity index (χ4v) is 2.67. The zero-order chi connectivity index (χ0) is 14.0. The molecule has 2 aromatic rings.